The van der Waals surface area contributed by atoms with E-state index in [1.54, 1.807) is 0 Å². The Morgan fingerprint density at radius 3 is 1.94 bits per heavy atom. The molecule has 185 valence electrons. The molecule has 0 aliphatic carbocycles. The Balaban J connectivity index is 2.35. The first-order valence-electron chi connectivity index (χ1n) is 8.85. The summed E-state index contributed by atoms with van der Waals surface area (Å²) in [7, 11) is -15.2. The zero-order chi connectivity index (χ0) is 26.3. The number of hydrogen-bond acceptors (Lipinski definition) is 9. The number of fused-ring (bicyclic) bond motifs is 1. The topological polar surface area (TPSA) is 267 Å². The monoisotopic (exact) mass is 544 g/mol. The molecule has 0 heterocycles. The van der Waals surface area contributed by atoms with Crippen molar-refractivity contribution < 1.29 is 43.7 Å². The Kier molecular flexibility index (Phi) is 6.55. The van der Waals surface area contributed by atoms with E-state index in [2.05, 4.69) is 15.5 Å². The van der Waals surface area contributed by atoms with Gasteiger partial charge in [-0.15, -0.1) is 10.2 Å². The zero-order valence-corrected chi connectivity index (χ0v) is 19.4. The highest BCUT2D eigenvalue weighted by Gasteiger charge is 2.24. The molecule has 0 fully saturated rings. The predicted molar refractivity (Wildman–Crippen MR) is 120 cm³/mol. The van der Waals surface area contributed by atoms with Crippen molar-refractivity contribution in [1.29, 1.82) is 0 Å². The van der Waals surface area contributed by atoms with Gasteiger partial charge in [-0.3, -0.25) is 13.7 Å². The highest BCUT2D eigenvalue weighted by molar-refractivity contribution is 7.87. The second-order valence-corrected chi connectivity index (χ2v) is 11.0. The predicted octanol–water partition coefficient (Wildman–Crippen LogP) is 2.40. The van der Waals surface area contributed by atoms with Crippen molar-refractivity contribution >= 4 is 69.9 Å². The van der Waals surface area contributed by atoms with Crippen LogP contribution in [0.25, 0.3) is 10.8 Å². The van der Waals surface area contributed by atoms with E-state index in [1.165, 1.54) is 12.1 Å². The van der Waals surface area contributed by atoms with E-state index in [1.807, 2.05) is 0 Å². The molecule has 0 aliphatic heterocycles. The van der Waals surface area contributed by atoms with Crippen molar-refractivity contribution in [3.63, 3.8) is 0 Å². The molecule has 0 saturated heterocycles. The molecule has 3 aromatic carbocycles. The number of anilines is 1. The number of azo groups is 1. The highest BCUT2D eigenvalue weighted by Crippen LogP contribution is 2.37. The fourth-order valence-electron chi connectivity index (χ4n) is 2.93. The molecule has 0 unspecified atom stereocenters. The standard InChI is InChI=1S/C17H14N5O10S3/c18-9-1-2-12(13(5-9)20-17(19)23)21-22-14-7-11-8(4-16(14)35(30,31)32)3-10(33(24,25)26)6-15(11)34(27,28)29/h1-7,18H,(H3,19,20,23)(H,24,25,26)(H,27,28,29)(H,30,31,32)/b22-21+. The van der Waals surface area contributed by atoms with Crippen molar-refractivity contribution in [2.75, 3.05) is 5.32 Å². The van der Waals surface area contributed by atoms with E-state index < -0.39 is 67.5 Å². The lowest BCUT2D eigenvalue weighted by Gasteiger charge is -2.10. The van der Waals surface area contributed by atoms with Crippen LogP contribution in [-0.4, -0.2) is 44.9 Å². The zero-order valence-electron chi connectivity index (χ0n) is 16.9. The summed E-state index contributed by atoms with van der Waals surface area (Å²) in [5.74, 6) is 0. The van der Waals surface area contributed by atoms with Gasteiger partial charge in [0.1, 0.15) is 21.2 Å². The molecular weight excluding hydrogens is 530 g/mol. The fraction of sp³-hybridized carbons (Fsp3) is 0. The average Bonchev–Trinajstić information content (AvgIpc) is 2.69. The van der Waals surface area contributed by atoms with Crippen LogP contribution in [0.15, 0.2) is 67.4 Å². The van der Waals surface area contributed by atoms with Crippen LogP contribution in [0.5, 0.6) is 0 Å². The number of primary amides is 1. The van der Waals surface area contributed by atoms with Gasteiger partial charge in [0, 0.05) is 5.39 Å². The molecule has 0 spiro atoms. The van der Waals surface area contributed by atoms with Crippen LogP contribution in [0, 0.1) is 0 Å². The van der Waals surface area contributed by atoms with Crippen molar-refractivity contribution in [3.8, 4) is 0 Å². The van der Waals surface area contributed by atoms with Gasteiger partial charge >= 0.3 is 6.03 Å². The summed E-state index contributed by atoms with van der Waals surface area (Å²) in [6.07, 6.45) is 0. The Hall–Kier alpha value is -3.68. The third-order valence-corrected chi connectivity index (χ3v) is 6.95. The molecule has 35 heavy (non-hydrogen) atoms. The summed E-state index contributed by atoms with van der Waals surface area (Å²) in [6, 6.07) is 5.17. The van der Waals surface area contributed by atoms with Gasteiger partial charge in [-0.05, 0) is 47.9 Å². The third kappa shape index (κ3) is 5.88. The second-order valence-electron chi connectivity index (χ2n) is 6.81. The number of carbonyl (C=O) groups is 1. The number of carbonyl (C=O) groups excluding carboxylic acids is 1. The SMILES string of the molecule is [NH]c1ccc(/N=N/c2cc3c(S(=O)(=O)O)cc(S(=O)(=O)O)cc3cc2S(=O)(=O)O)c(NC(N)=O)c1. The van der Waals surface area contributed by atoms with E-state index in [0.717, 1.165) is 12.1 Å². The Morgan fingerprint density at radius 2 is 1.40 bits per heavy atom. The number of nitrogens with two attached hydrogens (primary N) is 1. The number of hydrogen-bond donors (Lipinski definition) is 5. The summed E-state index contributed by atoms with van der Waals surface area (Å²) in [5.41, 5.74) is 11.8. The maximum atomic E-state index is 11.9. The van der Waals surface area contributed by atoms with E-state index in [0.29, 0.717) is 18.2 Å². The first-order chi connectivity index (χ1) is 16.0. The largest absolute Gasteiger partial charge is 0.351 e. The third-order valence-electron chi connectivity index (χ3n) is 4.34. The molecule has 0 bridgehead atoms. The van der Waals surface area contributed by atoms with Crippen LogP contribution < -0.4 is 16.8 Å². The van der Waals surface area contributed by atoms with Crippen molar-refractivity contribution in [1.82, 2.24) is 5.73 Å². The first kappa shape index (κ1) is 25.9. The van der Waals surface area contributed by atoms with Gasteiger partial charge < -0.3 is 16.8 Å². The van der Waals surface area contributed by atoms with Crippen molar-refractivity contribution in [3.05, 3.63) is 42.5 Å². The second kappa shape index (κ2) is 8.83. The quantitative estimate of drug-likeness (QED) is 0.223. The van der Waals surface area contributed by atoms with Gasteiger partial charge in [0.2, 0.25) is 0 Å². The van der Waals surface area contributed by atoms with E-state index in [4.69, 9.17) is 11.5 Å². The summed E-state index contributed by atoms with van der Waals surface area (Å²) >= 11 is 0. The van der Waals surface area contributed by atoms with Crippen LogP contribution >= 0.6 is 0 Å². The van der Waals surface area contributed by atoms with Gasteiger partial charge in [0.25, 0.3) is 30.4 Å². The van der Waals surface area contributed by atoms with Gasteiger partial charge in [-0.1, -0.05) is 0 Å². The number of rotatable bonds is 6. The highest BCUT2D eigenvalue weighted by atomic mass is 32.2. The van der Waals surface area contributed by atoms with Crippen molar-refractivity contribution in [2.24, 2.45) is 16.0 Å². The summed E-state index contributed by atoms with van der Waals surface area (Å²) in [4.78, 5) is 8.25. The van der Waals surface area contributed by atoms with Crippen LogP contribution in [0.4, 0.5) is 27.5 Å². The maximum absolute atomic E-state index is 11.9. The molecule has 15 nitrogen and oxygen atoms in total. The van der Waals surface area contributed by atoms with Crippen LogP contribution in [0.2, 0.25) is 0 Å². The number of urea groups is 1. The molecule has 2 amide bonds. The van der Waals surface area contributed by atoms with E-state index >= 15 is 0 Å². The van der Waals surface area contributed by atoms with Gasteiger partial charge in [0.15, 0.2) is 0 Å². The minimum atomic E-state index is -5.11. The van der Waals surface area contributed by atoms with Crippen LogP contribution in [-0.2, 0) is 30.4 Å². The van der Waals surface area contributed by atoms with Gasteiger partial charge in [0.05, 0.1) is 16.3 Å². The van der Waals surface area contributed by atoms with Gasteiger partial charge in [-0.2, -0.15) is 25.3 Å². The lowest BCUT2D eigenvalue weighted by molar-refractivity contribution is 0.259. The number of benzene rings is 3. The molecule has 18 heteroatoms. The Labute approximate surface area is 197 Å². The lowest BCUT2D eigenvalue weighted by atomic mass is 10.1. The molecule has 1 radical (unpaired) electrons. The molecule has 0 aromatic heterocycles. The average molecular weight is 545 g/mol. The van der Waals surface area contributed by atoms with E-state index in [9.17, 15) is 43.7 Å². The molecular formula is C17H14N5O10S3. The number of nitrogens with zero attached hydrogens (tertiary/aromatic N) is 2. The smallest absolute Gasteiger partial charge is 0.316 e. The molecule has 0 saturated carbocycles. The minimum absolute atomic E-state index is 0.0514. The van der Waals surface area contributed by atoms with Crippen LogP contribution in [0.1, 0.15) is 0 Å². The molecule has 3 aromatic rings. The van der Waals surface area contributed by atoms with E-state index in [-0.39, 0.29) is 17.1 Å². The fourth-order valence-corrected chi connectivity index (χ4v) is 4.92. The Morgan fingerprint density at radius 1 is 0.800 bits per heavy atom. The first-order valence-corrected chi connectivity index (χ1v) is 13.2. The normalized spacial score (nSPS) is 12.8. The molecule has 3 rings (SSSR count). The maximum Gasteiger partial charge on any atom is 0.316 e. The summed E-state index contributed by atoms with van der Waals surface area (Å²) < 4.78 is 99.1. The number of nitrogens with one attached hydrogen (secondary N) is 2. The summed E-state index contributed by atoms with van der Waals surface area (Å²) in [6.45, 7) is 0. The summed E-state index contributed by atoms with van der Waals surface area (Å²) in [5, 5.41) is 8.75. The van der Waals surface area contributed by atoms with Crippen LogP contribution in [0.3, 0.4) is 0 Å². The Bertz CT molecular complexity index is 1730. The molecule has 0 atom stereocenters. The lowest BCUT2D eigenvalue weighted by Crippen LogP contribution is -2.19. The van der Waals surface area contributed by atoms with Gasteiger partial charge in [-0.25, -0.2) is 4.79 Å². The molecule has 7 N–H and O–H groups in total. The molecule has 0 aliphatic rings. The minimum Gasteiger partial charge on any atom is -0.351 e. The van der Waals surface area contributed by atoms with Crippen molar-refractivity contribution in [2.45, 2.75) is 14.7 Å². The number of amides is 2.